The average Bonchev–Trinajstić information content (AvgIpc) is 3.40. The molecule has 0 amide bonds. The highest BCUT2D eigenvalue weighted by Crippen LogP contribution is 2.45. The molecule has 2 nitrogen and oxygen atoms in total. The number of nitrogens with zero attached hydrogens (tertiary/aromatic N) is 1. The largest absolute Gasteiger partial charge is 0.416 e. The van der Waals surface area contributed by atoms with E-state index >= 15 is 0 Å². The summed E-state index contributed by atoms with van der Waals surface area (Å²) in [6.07, 6.45) is 7.49. The lowest BCUT2D eigenvalue weighted by Gasteiger charge is -2.44. The number of piperidine rings is 1. The van der Waals surface area contributed by atoms with Crippen LogP contribution in [0.5, 0.6) is 0 Å². The van der Waals surface area contributed by atoms with Gasteiger partial charge < -0.3 is 9.88 Å². The quantitative estimate of drug-likeness (QED) is 0.331. The summed E-state index contributed by atoms with van der Waals surface area (Å²) >= 11 is 0. The zero-order chi connectivity index (χ0) is 25.8. The van der Waals surface area contributed by atoms with E-state index in [1.807, 2.05) is 18.5 Å². The molecule has 2 unspecified atom stereocenters. The number of hydrogen-bond donors (Lipinski definition) is 1. The summed E-state index contributed by atoms with van der Waals surface area (Å²) in [5, 5.41) is 0. The molecule has 1 aliphatic rings. The molecular weight excluding hydrogens is 457 g/mol. The molecular formula is C31H37F3N2. The third-order valence-corrected chi connectivity index (χ3v) is 8.19. The molecule has 2 atom stereocenters. The Morgan fingerprint density at radius 2 is 1.81 bits per heavy atom. The maximum absolute atomic E-state index is 13.2. The van der Waals surface area contributed by atoms with Gasteiger partial charge >= 0.3 is 6.18 Å². The van der Waals surface area contributed by atoms with Crippen molar-refractivity contribution in [2.75, 3.05) is 11.4 Å². The van der Waals surface area contributed by atoms with Crippen molar-refractivity contribution in [2.45, 2.75) is 65.5 Å². The summed E-state index contributed by atoms with van der Waals surface area (Å²) in [7, 11) is 0. The van der Waals surface area contributed by atoms with Crippen molar-refractivity contribution in [1.82, 2.24) is 4.98 Å². The highest BCUT2D eigenvalue weighted by atomic mass is 19.4. The van der Waals surface area contributed by atoms with Crippen LogP contribution in [0.15, 0.2) is 78.8 Å². The SMILES string of the molecule is CC=C1CC(C(C)(CC)CCc2cccc(C(F)(F)F)c2)CCN1c1ccc(Cc2cc[nH]c2)cc1. The maximum Gasteiger partial charge on any atom is 0.416 e. The third-order valence-electron chi connectivity index (χ3n) is 8.19. The van der Waals surface area contributed by atoms with Crippen molar-refractivity contribution in [3.8, 4) is 0 Å². The van der Waals surface area contributed by atoms with Crippen LogP contribution in [0.3, 0.4) is 0 Å². The molecule has 192 valence electrons. The van der Waals surface area contributed by atoms with Crippen molar-refractivity contribution >= 4 is 5.69 Å². The molecule has 1 fully saturated rings. The number of halogens is 3. The molecule has 0 bridgehead atoms. The number of benzene rings is 2. The summed E-state index contributed by atoms with van der Waals surface area (Å²) in [5.74, 6) is 0.503. The highest BCUT2D eigenvalue weighted by Gasteiger charge is 2.37. The minimum atomic E-state index is -4.29. The van der Waals surface area contributed by atoms with Crippen molar-refractivity contribution in [3.63, 3.8) is 0 Å². The van der Waals surface area contributed by atoms with E-state index in [1.165, 1.54) is 34.6 Å². The molecule has 4 rings (SSSR count). The molecule has 1 aromatic heterocycles. The fourth-order valence-corrected chi connectivity index (χ4v) is 5.56. The second-order valence-electron chi connectivity index (χ2n) is 10.4. The summed E-state index contributed by atoms with van der Waals surface area (Å²) in [6.45, 7) is 7.61. The highest BCUT2D eigenvalue weighted by molar-refractivity contribution is 5.54. The Labute approximate surface area is 213 Å². The zero-order valence-corrected chi connectivity index (χ0v) is 21.5. The van der Waals surface area contributed by atoms with Gasteiger partial charge in [0.15, 0.2) is 0 Å². The number of rotatable bonds is 8. The van der Waals surface area contributed by atoms with Gasteiger partial charge in [0.25, 0.3) is 0 Å². The molecule has 36 heavy (non-hydrogen) atoms. The lowest BCUT2D eigenvalue weighted by molar-refractivity contribution is -0.137. The van der Waals surface area contributed by atoms with E-state index in [1.54, 1.807) is 0 Å². The molecule has 0 saturated carbocycles. The Morgan fingerprint density at radius 3 is 2.44 bits per heavy atom. The zero-order valence-electron chi connectivity index (χ0n) is 21.5. The van der Waals surface area contributed by atoms with E-state index < -0.39 is 11.7 Å². The minimum Gasteiger partial charge on any atom is -0.367 e. The van der Waals surface area contributed by atoms with Crippen LogP contribution in [0.1, 0.15) is 68.7 Å². The van der Waals surface area contributed by atoms with Crippen LogP contribution in [0.25, 0.3) is 0 Å². The first-order chi connectivity index (χ1) is 17.2. The van der Waals surface area contributed by atoms with Gasteiger partial charge in [0, 0.05) is 30.3 Å². The van der Waals surface area contributed by atoms with Crippen LogP contribution in [0, 0.1) is 11.3 Å². The summed E-state index contributed by atoms with van der Waals surface area (Å²) in [5.41, 5.74) is 5.43. The Morgan fingerprint density at radius 1 is 1.03 bits per heavy atom. The van der Waals surface area contributed by atoms with Gasteiger partial charge in [-0.25, -0.2) is 0 Å². The van der Waals surface area contributed by atoms with Gasteiger partial charge in [-0.1, -0.05) is 56.7 Å². The predicted octanol–water partition coefficient (Wildman–Crippen LogP) is 8.79. The van der Waals surface area contributed by atoms with E-state index in [9.17, 15) is 13.2 Å². The van der Waals surface area contributed by atoms with Gasteiger partial charge in [-0.2, -0.15) is 13.2 Å². The predicted molar refractivity (Wildman–Crippen MR) is 142 cm³/mol. The monoisotopic (exact) mass is 494 g/mol. The fraction of sp³-hybridized carbons (Fsp3) is 0.419. The summed E-state index contributed by atoms with van der Waals surface area (Å²) in [6, 6.07) is 16.8. The Balaban J connectivity index is 1.41. The number of aromatic nitrogens is 1. The maximum atomic E-state index is 13.2. The van der Waals surface area contributed by atoms with Crippen LogP contribution >= 0.6 is 0 Å². The minimum absolute atomic E-state index is 0.0784. The number of aryl methyl sites for hydroxylation is 1. The van der Waals surface area contributed by atoms with E-state index in [-0.39, 0.29) is 5.41 Å². The van der Waals surface area contributed by atoms with Gasteiger partial charge in [0.05, 0.1) is 5.56 Å². The second kappa shape index (κ2) is 11.0. The lowest BCUT2D eigenvalue weighted by Crippen LogP contribution is -2.39. The molecule has 1 saturated heterocycles. The van der Waals surface area contributed by atoms with Crippen LogP contribution in [0.4, 0.5) is 18.9 Å². The summed E-state index contributed by atoms with van der Waals surface area (Å²) < 4.78 is 39.5. The Kier molecular flexibility index (Phi) is 7.97. The Hall–Kier alpha value is -2.95. The van der Waals surface area contributed by atoms with Gasteiger partial charge in [0.1, 0.15) is 0 Å². The first kappa shape index (κ1) is 26.1. The molecule has 1 N–H and O–H groups in total. The first-order valence-corrected chi connectivity index (χ1v) is 13.0. The van der Waals surface area contributed by atoms with E-state index in [0.29, 0.717) is 12.3 Å². The van der Waals surface area contributed by atoms with Crippen LogP contribution in [-0.2, 0) is 19.0 Å². The molecule has 5 heteroatoms. The number of aromatic amines is 1. The van der Waals surface area contributed by atoms with Crippen LogP contribution in [0.2, 0.25) is 0 Å². The summed E-state index contributed by atoms with van der Waals surface area (Å²) in [4.78, 5) is 5.54. The average molecular weight is 495 g/mol. The number of hydrogen-bond acceptors (Lipinski definition) is 1. The van der Waals surface area contributed by atoms with Crippen molar-refractivity contribution in [3.05, 3.63) is 101 Å². The van der Waals surface area contributed by atoms with Gasteiger partial charge in [-0.15, -0.1) is 0 Å². The topological polar surface area (TPSA) is 19.0 Å². The third kappa shape index (κ3) is 6.05. The van der Waals surface area contributed by atoms with Crippen LogP contribution < -0.4 is 4.90 Å². The number of alkyl halides is 3. The molecule has 1 aliphatic heterocycles. The molecule has 0 radical (unpaired) electrons. The van der Waals surface area contributed by atoms with Crippen LogP contribution in [-0.4, -0.2) is 11.5 Å². The molecule has 2 aromatic carbocycles. The first-order valence-electron chi connectivity index (χ1n) is 13.0. The number of nitrogens with one attached hydrogen (secondary N) is 1. The second-order valence-corrected chi connectivity index (χ2v) is 10.4. The standard InChI is InChI=1S/C31H37F3N2/c1-4-28-21-26(30(3,5-2)16-13-23-7-6-8-27(20-23)31(32,33)34)15-18-36(28)29-11-9-24(10-12-29)19-25-14-17-35-22-25/h4,6-12,14,17,20,22,26,35H,5,13,15-16,18-19,21H2,1-3H3. The van der Waals surface area contributed by atoms with Gasteiger partial charge in [-0.05, 0) is 91.3 Å². The number of allylic oxidation sites excluding steroid dienone is 2. The fourth-order valence-electron chi connectivity index (χ4n) is 5.56. The van der Waals surface area contributed by atoms with Crippen molar-refractivity contribution in [2.24, 2.45) is 11.3 Å². The molecule has 0 spiro atoms. The van der Waals surface area contributed by atoms with Gasteiger partial charge in [-0.3, -0.25) is 0 Å². The Bertz CT molecular complexity index is 1150. The van der Waals surface area contributed by atoms with Crippen molar-refractivity contribution in [1.29, 1.82) is 0 Å². The number of H-pyrrole nitrogens is 1. The van der Waals surface area contributed by atoms with Gasteiger partial charge in [0.2, 0.25) is 0 Å². The normalized spacial score (nSPS) is 19.4. The van der Waals surface area contributed by atoms with E-state index in [2.05, 4.69) is 67.1 Å². The molecule has 2 heterocycles. The smallest absolute Gasteiger partial charge is 0.367 e. The molecule has 3 aromatic rings. The van der Waals surface area contributed by atoms with E-state index in [4.69, 9.17) is 0 Å². The lowest BCUT2D eigenvalue weighted by atomic mass is 9.67. The van der Waals surface area contributed by atoms with Crippen molar-refractivity contribution < 1.29 is 13.2 Å². The molecule has 0 aliphatic carbocycles. The van der Waals surface area contributed by atoms with E-state index in [0.717, 1.165) is 50.3 Å². The number of anilines is 1.